The van der Waals surface area contributed by atoms with Gasteiger partial charge < -0.3 is 9.84 Å². The number of benzene rings is 1. The molecular formula is C14H12BrF2N3O3S. The Hall–Kier alpha value is -2.07. The van der Waals surface area contributed by atoms with Crippen LogP contribution in [0.1, 0.15) is 18.2 Å². The molecule has 24 heavy (non-hydrogen) atoms. The van der Waals surface area contributed by atoms with Crippen LogP contribution in [0.2, 0.25) is 0 Å². The van der Waals surface area contributed by atoms with Crippen molar-refractivity contribution in [1.82, 2.24) is 4.98 Å². The van der Waals surface area contributed by atoms with Crippen molar-refractivity contribution in [2.75, 3.05) is 12.0 Å². The molecule has 0 saturated carbocycles. The van der Waals surface area contributed by atoms with E-state index in [2.05, 4.69) is 31.4 Å². The summed E-state index contributed by atoms with van der Waals surface area (Å²) in [5, 5.41) is 15.1. The summed E-state index contributed by atoms with van der Waals surface area (Å²) in [4.78, 5) is 15.5. The molecule has 0 unspecified atom stereocenters. The maximum absolute atomic E-state index is 13.6. The minimum Gasteiger partial charge on any atom is -0.504 e. The number of nitrogens with one attached hydrogen (secondary N) is 1. The fraction of sp³-hybridized carbons (Fsp3) is 0.214. The molecule has 0 amide bonds. The van der Waals surface area contributed by atoms with Gasteiger partial charge in [0.05, 0.1) is 29.4 Å². The zero-order valence-electron chi connectivity index (χ0n) is 12.3. The number of esters is 1. The van der Waals surface area contributed by atoms with Gasteiger partial charge in [0.1, 0.15) is 0 Å². The van der Waals surface area contributed by atoms with Gasteiger partial charge in [0.15, 0.2) is 11.6 Å². The van der Waals surface area contributed by atoms with Crippen LogP contribution in [0.5, 0.6) is 5.75 Å². The second-order valence-corrected chi connectivity index (χ2v) is 6.13. The second-order valence-electron chi connectivity index (χ2n) is 4.42. The van der Waals surface area contributed by atoms with Crippen LogP contribution in [0, 0.1) is 11.6 Å². The van der Waals surface area contributed by atoms with Crippen molar-refractivity contribution in [3.8, 4) is 5.75 Å². The molecule has 2 rings (SSSR count). The number of ether oxygens (including phenoxy) is 1. The van der Waals surface area contributed by atoms with Crippen molar-refractivity contribution in [3.05, 3.63) is 38.8 Å². The summed E-state index contributed by atoms with van der Waals surface area (Å²) in [7, 11) is 0. The second kappa shape index (κ2) is 8.15. The van der Waals surface area contributed by atoms with E-state index in [1.54, 1.807) is 12.3 Å². The fourth-order valence-electron chi connectivity index (χ4n) is 1.65. The molecule has 0 fully saturated rings. The minimum atomic E-state index is -1.36. The number of anilines is 1. The van der Waals surface area contributed by atoms with E-state index in [0.29, 0.717) is 17.4 Å². The molecule has 0 aliphatic heterocycles. The molecule has 1 heterocycles. The Balaban J connectivity index is 2.03. The average Bonchev–Trinajstić information content (AvgIpc) is 2.97. The van der Waals surface area contributed by atoms with E-state index in [9.17, 15) is 18.7 Å². The summed E-state index contributed by atoms with van der Waals surface area (Å²) in [6.07, 6.45) is 1.09. The molecule has 2 aromatic rings. The van der Waals surface area contributed by atoms with Gasteiger partial charge in [0.25, 0.3) is 0 Å². The molecular weight excluding hydrogens is 408 g/mol. The third-order valence-electron chi connectivity index (χ3n) is 2.71. The molecule has 0 radical (unpaired) electrons. The number of phenolic OH excluding ortho intramolecular Hbond substituents is 1. The molecule has 1 aromatic heterocycles. The summed E-state index contributed by atoms with van der Waals surface area (Å²) < 4.78 is 31.9. The number of thiazole rings is 1. The Bertz CT molecular complexity index is 783. The van der Waals surface area contributed by atoms with Crippen LogP contribution >= 0.6 is 27.3 Å². The van der Waals surface area contributed by atoms with Crippen LogP contribution in [0.3, 0.4) is 0 Å². The highest BCUT2D eigenvalue weighted by Crippen LogP contribution is 2.30. The maximum Gasteiger partial charge on any atom is 0.311 e. The quantitative estimate of drug-likeness (QED) is 0.324. The lowest BCUT2D eigenvalue weighted by molar-refractivity contribution is -0.142. The first-order valence-electron chi connectivity index (χ1n) is 6.68. The highest BCUT2D eigenvalue weighted by molar-refractivity contribution is 9.10. The molecule has 2 N–H and O–H groups in total. The summed E-state index contributed by atoms with van der Waals surface area (Å²) >= 11 is 4.11. The van der Waals surface area contributed by atoms with Crippen LogP contribution in [0.15, 0.2) is 21.0 Å². The van der Waals surface area contributed by atoms with E-state index >= 15 is 0 Å². The summed E-state index contributed by atoms with van der Waals surface area (Å²) in [5.41, 5.74) is 2.91. The SMILES string of the molecule is CCOC(=O)Cc1csc(NN=Cc2cc(Br)c(O)c(F)c2F)n1. The number of halogens is 3. The number of rotatable bonds is 6. The molecule has 0 spiro atoms. The predicted molar refractivity (Wildman–Crippen MR) is 89.4 cm³/mol. The molecule has 0 aliphatic carbocycles. The van der Waals surface area contributed by atoms with E-state index < -0.39 is 17.4 Å². The van der Waals surface area contributed by atoms with Crippen molar-refractivity contribution < 1.29 is 23.4 Å². The summed E-state index contributed by atoms with van der Waals surface area (Å²) in [6, 6.07) is 1.19. The molecule has 0 bridgehead atoms. The van der Waals surface area contributed by atoms with Crippen LogP contribution < -0.4 is 5.43 Å². The standard InChI is InChI=1S/C14H12BrF2N3O3S/c1-2-23-10(21)4-8-6-24-14(19-8)20-18-5-7-3-9(15)13(22)12(17)11(7)16/h3,5-6,22H,2,4H2,1H3,(H,19,20). The third-order valence-corrected chi connectivity index (χ3v) is 4.11. The van der Waals surface area contributed by atoms with E-state index in [1.165, 1.54) is 17.4 Å². The first-order valence-corrected chi connectivity index (χ1v) is 8.35. The number of hydrazone groups is 1. The highest BCUT2D eigenvalue weighted by atomic mass is 79.9. The Morgan fingerprint density at radius 2 is 2.29 bits per heavy atom. The van der Waals surface area contributed by atoms with Gasteiger partial charge in [-0.05, 0) is 28.9 Å². The Kier molecular flexibility index (Phi) is 6.21. The summed E-state index contributed by atoms with van der Waals surface area (Å²) in [5.74, 6) is -3.77. The van der Waals surface area contributed by atoms with Crippen LogP contribution in [-0.2, 0) is 16.0 Å². The highest BCUT2D eigenvalue weighted by Gasteiger charge is 2.15. The zero-order valence-corrected chi connectivity index (χ0v) is 14.7. The van der Waals surface area contributed by atoms with Crippen molar-refractivity contribution in [1.29, 1.82) is 0 Å². The number of hydrogen-bond acceptors (Lipinski definition) is 7. The molecule has 128 valence electrons. The van der Waals surface area contributed by atoms with Crippen molar-refractivity contribution in [2.24, 2.45) is 5.10 Å². The summed E-state index contributed by atoms with van der Waals surface area (Å²) in [6.45, 7) is 2.01. The number of phenols is 1. The fourth-order valence-corrected chi connectivity index (χ4v) is 2.73. The average molecular weight is 420 g/mol. The lowest BCUT2D eigenvalue weighted by Crippen LogP contribution is -2.07. The number of hydrogen-bond donors (Lipinski definition) is 2. The number of aromatic nitrogens is 1. The van der Waals surface area contributed by atoms with Gasteiger partial charge in [0.2, 0.25) is 10.9 Å². The number of nitrogens with zero attached hydrogens (tertiary/aromatic N) is 2. The van der Waals surface area contributed by atoms with Gasteiger partial charge in [0, 0.05) is 10.9 Å². The van der Waals surface area contributed by atoms with Gasteiger partial charge in [-0.2, -0.15) is 9.49 Å². The Morgan fingerprint density at radius 1 is 1.54 bits per heavy atom. The van der Waals surface area contributed by atoms with Gasteiger partial charge in [-0.15, -0.1) is 11.3 Å². The van der Waals surface area contributed by atoms with Crippen LogP contribution in [0.4, 0.5) is 13.9 Å². The molecule has 6 nitrogen and oxygen atoms in total. The number of carbonyl (C=O) groups excluding carboxylic acids is 1. The number of carbonyl (C=O) groups is 1. The van der Waals surface area contributed by atoms with Crippen LogP contribution in [0.25, 0.3) is 0 Å². The van der Waals surface area contributed by atoms with Gasteiger partial charge in [-0.1, -0.05) is 0 Å². The van der Waals surface area contributed by atoms with Gasteiger partial charge >= 0.3 is 5.97 Å². The topological polar surface area (TPSA) is 83.8 Å². The van der Waals surface area contributed by atoms with E-state index in [1.807, 2.05) is 0 Å². The van der Waals surface area contributed by atoms with Crippen molar-refractivity contribution >= 4 is 44.6 Å². The molecule has 1 aromatic carbocycles. The minimum absolute atomic E-state index is 0.00817. The molecule has 0 saturated heterocycles. The van der Waals surface area contributed by atoms with Crippen molar-refractivity contribution in [2.45, 2.75) is 13.3 Å². The largest absolute Gasteiger partial charge is 0.504 e. The lowest BCUT2D eigenvalue weighted by atomic mass is 10.2. The Morgan fingerprint density at radius 3 is 3.00 bits per heavy atom. The van der Waals surface area contributed by atoms with E-state index in [0.717, 1.165) is 6.21 Å². The van der Waals surface area contributed by atoms with Gasteiger partial charge in [-0.3, -0.25) is 10.2 Å². The maximum atomic E-state index is 13.6. The molecule has 0 aliphatic rings. The monoisotopic (exact) mass is 419 g/mol. The van der Waals surface area contributed by atoms with Crippen LogP contribution in [-0.4, -0.2) is 28.9 Å². The van der Waals surface area contributed by atoms with Crippen molar-refractivity contribution in [3.63, 3.8) is 0 Å². The van der Waals surface area contributed by atoms with E-state index in [-0.39, 0.29) is 22.4 Å². The first kappa shape index (κ1) is 18.3. The van der Waals surface area contributed by atoms with Gasteiger partial charge in [-0.25, -0.2) is 9.37 Å². The molecule has 10 heteroatoms. The molecule has 0 atom stereocenters. The first-order chi connectivity index (χ1) is 11.4. The number of aromatic hydroxyl groups is 1. The smallest absolute Gasteiger partial charge is 0.311 e. The third kappa shape index (κ3) is 4.48. The van der Waals surface area contributed by atoms with E-state index in [4.69, 9.17) is 4.74 Å². The normalized spacial score (nSPS) is 11.0. The Labute approximate surface area is 148 Å². The predicted octanol–water partition coefficient (Wildman–Crippen LogP) is 3.44. The lowest BCUT2D eigenvalue weighted by Gasteiger charge is -2.03. The zero-order chi connectivity index (χ0) is 17.7.